The van der Waals surface area contributed by atoms with Crippen molar-refractivity contribution >= 4 is 65.6 Å². The number of benzene rings is 8. The van der Waals surface area contributed by atoms with Crippen LogP contribution in [-0.2, 0) is 0 Å². The molecule has 0 unspecified atom stereocenters. The largest absolute Gasteiger partial charge is 0.455 e. The molecule has 0 atom stereocenters. The fourth-order valence-electron chi connectivity index (χ4n) is 8.62. The van der Waals surface area contributed by atoms with Crippen molar-refractivity contribution in [2.24, 2.45) is 0 Å². The Bertz CT molecular complexity index is 3460. The van der Waals surface area contributed by atoms with Gasteiger partial charge < -0.3 is 13.6 Å². The van der Waals surface area contributed by atoms with Crippen LogP contribution in [0.4, 0.5) is 0 Å². The molecular formula is C50H28N4O. The van der Waals surface area contributed by atoms with Crippen LogP contribution < -0.4 is 0 Å². The lowest BCUT2D eigenvalue weighted by atomic mass is 9.97. The van der Waals surface area contributed by atoms with Crippen LogP contribution in [0.15, 0.2) is 174 Å². The second-order valence-corrected chi connectivity index (χ2v) is 13.9. The highest BCUT2D eigenvalue weighted by molar-refractivity contribution is 6.39. The second kappa shape index (κ2) is 11.8. The highest BCUT2D eigenvalue weighted by atomic mass is 16.3. The van der Waals surface area contributed by atoms with Gasteiger partial charge in [0.05, 0.1) is 55.7 Å². The zero-order chi connectivity index (χ0) is 36.6. The van der Waals surface area contributed by atoms with Gasteiger partial charge in [0.15, 0.2) is 0 Å². The van der Waals surface area contributed by atoms with Crippen LogP contribution in [0.3, 0.4) is 0 Å². The van der Waals surface area contributed by atoms with Crippen molar-refractivity contribution in [3.8, 4) is 45.8 Å². The van der Waals surface area contributed by atoms with E-state index in [1.807, 2.05) is 54.6 Å². The number of rotatable bonds is 4. The van der Waals surface area contributed by atoms with Crippen molar-refractivity contribution in [3.63, 3.8) is 0 Å². The average molecular weight is 701 g/mol. The van der Waals surface area contributed by atoms with E-state index in [0.717, 1.165) is 99.2 Å². The molecule has 0 spiro atoms. The number of fused-ring (bicyclic) bond motifs is 12. The van der Waals surface area contributed by atoms with Crippen molar-refractivity contribution in [1.82, 2.24) is 9.13 Å². The summed E-state index contributed by atoms with van der Waals surface area (Å²) >= 11 is 0. The summed E-state index contributed by atoms with van der Waals surface area (Å²) in [6, 6.07) is 62.8. The van der Waals surface area contributed by atoms with Gasteiger partial charge in [0, 0.05) is 27.2 Å². The molecule has 0 bridgehead atoms. The minimum atomic E-state index is 0.563. The Labute approximate surface area is 315 Å². The molecule has 0 aliphatic carbocycles. The third-order valence-electron chi connectivity index (χ3n) is 10.9. The Morgan fingerprint density at radius 3 is 1.82 bits per heavy atom. The summed E-state index contributed by atoms with van der Waals surface area (Å²) in [5.41, 5.74) is 12.6. The molecule has 3 heterocycles. The van der Waals surface area contributed by atoms with E-state index < -0.39 is 0 Å². The maximum Gasteiger partial charge on any atom is 0.147 e. The maximum absolute atomic E-state index is 10.9. The summed E-state index contributed by atoms with van der Waals surface area (Å²) < 4.78 is 11.4. The molecule has 5 nitrogen and oxygen atoms in total. The Morgan fingerprint density at radius 1 is 0.436 bits per heavy atom. The minimum absolute atomic E-state index is 0.563. The number of aromatic nitrogens is 2. The smallest absolute Gasteiger partial charge is 0.147 e. The van der Waals surface area contributed by atoms with Crippen LogP contribution in [0.5, 0.6) is 0 Å². The van der Waals surface area contributed by atoms with Gasteiger partial charge in [-0.1, -0.05) is 115 Å². The quantitative estimate of drug-likeness (QED) is 0.183. The monoisotopic (exact) mass is 700 g/mol. The first-order valence-corrected chi connectivity index (χ1v) is 18.2. The number of furan rings is 1. The molecule has 0 N–H and O–H groups in total. The first kappa shape index (κ1) is 30.7. The fraction of sp³-hybridized carbons (Fsp3) is 0. The third kappa shape index (κ3) is 4.45. The minimum Gasteiger partial charge on any atom is -0.455 e. The van der Waals surface area contributed by atoms with Crippen LogP contribution in [0.1, 0.15) is 11.1 Å². The first-order valence-electron chi connectivity index (χ1n) is 18.2. The van der Waals surface area contributed by atoms with Crippen LogP contribution in [0.2, 0.25) is 0 Å². The predicted molar refractivity (Wildman–Crippen MR) is 223 cm³/mol. The van der Waals surface area contributed by atoms with Gasteiger partial charge in [0.25, 0.3) is 0 Å². The lowest BCUT2D eigenvalue weighted by molar-refractivity contribution is 0.673. The third-order valence-corrected chi connectivity index (χ3v) is 10.9. The number of nitrogens with zero attached hydrogens (tertiary/aromatic N) is 4. The zero-order valence-corrected chi connectivity index (χ0v) is 29.4. The van der Waals surface area contributed by atoms with Crippen molar-refractivity contribution in [2.75, 3.05) is 0 Å². The van der Waals surface area contributed by atoms with Crippen LogP contribution in [0, 0.1) is 22.7 Å². The van der Waals surface area contributed by atoms with Gasteiger partial charge in [-0.25, -0.2) is 0 Å². The molecule has 0 fully saturated rings. The number of para-hydroxylation sites is 3. The highest BCUT2D eigenvalue weighted by Gasteiger charge is 2.28. The molecule has 0 saturated carbocycles. The van der Waals surface area contributed by atoms with Gasteiger partial charge >= 0.3 is 0 Å². The van der Waals surface area contributed by atoms with Gasteiger partial charge in [-0.2, -0.15) is 10.5 Å². The van der Waals surface area contributed by atoms with E-state index in [2.05, 4.69) is 137 Å². The van der Waals surface area contributed by atoms with Crippen molar-refractivity contribution < 1.29 is 4.42 Å². The summed E-state index contributed by atoms with van der Waals surface area (Å²) in [6.45, 7) is 0. The molecule has 11 rings (SSSR count). The Kier molecular flexibility index (Phi) is 6.61. The lowest BCUT2D eigenvalue weighted by Crippen LogP contribution is -1.99. The number of hydrogen-bond acceptors (Lipinski definition) is 3. The topological polar surface area (TPSA) is 70.6 Å². The van der Waals surface area contributed by atoms with Crippen LogP contribution >= 0.6 is 0 Å². The lowest BCUT2D eigenvalue weighted by Gasteiger charge is -2.14. The predicted octanol–water partition coefficient (Wildman–Crippen LogP) is 12.9. The molecule has 0 amide bonds. The standard InChI is InChI=1S/C50H28N4O/c51-29-31-12-10-17-37(26-31)53-42-21-7-5-19-39(42)46-48(53)45-38-18-4-8-22-43(38)54(49(45)47-40-20-6-9-23-44(40)55-50(46)47)41-25-24-35(28-36(41)30-52)34-16-11-15-33(27-34)32-13-2-1-3-14-32/h1-28H. The summed E-state index contributed by atoms with van der Waals surface area (Å²) in [5.74, 6) is 0. The van der Waals surface area contributed by atoms with Gasteiger partial charge in [0.2, 0.25) is 0 Å². The van der Waals surface area contributed by atoms with E-state index in [1.54, 1.807) is 0 Å². The normalized spacial score (nSPS) is 11.6. The summed E-state index contributed by atoms with van der Waals surface area (Å²) in [5, 5.41) is 27.0. The molecular weight excluding hydrogens is 673 g/mol. The molecule has 5 heteroatoms. The van der Waals surface area contributed by atoms with E-state index >= 15 is 0 Å². The molecule has 3 aromatic heterocycles. The average Bonchev–Trinajstić information content (AvgIpc) is 3.92. The summed E-state index contributed by atoms with van der Waals surface area (Å²) in [7, 11) is 0. The number of nitriles is 2. The Balaban J connectivity index is 1.30. The van der Waals surface area contributed by atoms with Crippen LogP contribution in [0.25, 0.3) is 99.2 Å². The van der Waals surface area contributed by atoms with E-state index in [-0.39, 0.29) is 0 Å². The summed E-state index contributed by atoms with van der Waals surface area (Å²) in [4.78, 5) is 0. The van der Waals surface area contributed by atoms with Gasteiger partial charge in [0.1, 0.15) is 17.2 Å². The zero-order valence-electron chi connectivity index (χ0n) is 29.4. The van der Waals surface area contributed by atoms with E-state index in [1.165, 1.54) is 0 Å². The van der Waals surface area contributed by atoms with Crippen molar-refractivity contribution in [3.05, 3.63) is 181 Å². The van der Waals surface area contributed by atoms with E-state index in [9.17, 15) is 10.5 Å². The SMILES string of the molecule is N#Cc1cccc(-n2c3ccccc3c3c4oc5ccccc5c4c4c(c5ccccc5n4-c4ccc(-c5cccc(-c6ccccc6)c5)cc4C#N)c32)c1. The van der Waals surface area contributed by atoms with Gasteiger partial charge in [-0.05, 0) is 76.9 Å². The molecule has 0 aliphatic heterocycles. The fourth-order valence-corrected chi connectivity index (χ4v) is 8.62. The van der Waals surface area contributed by atoms with Crippen molar-refractivity contribution in [2.45, 2.75) is 0 Å². The first-order chi connectivity index (χ1) is 27.2. The molecule has 0 aliphatic rings. The molecule has 55 heavy (non-hydrogen) atoms. The summed E-state index contributed by atoms with van der Waals surface area (Å²) in [6.07, 6.45) is 0. The molecule has 11 aromatic rings. The Hall–Kier alpha value is -7.86. The molecule has 0 radical (unpaired) electrons. The van der Waals surface area contributed by atoms with E-state index in [0.29, 0.717) is 11.1 Å². The molecule has 254 valence electrons. The Morgan fingerprint density at radius 2 is 1.04 bits per heavy atom. The highest BCUT2D eigenvalue weighted by Crippen LogP contribution is 2.49. The van der Waals surface area contributed by atoms with Crippen LogP contribution in [-0.4, -0.2) is 9.13 Å². The van der Waals surface area contributed by atoms with Gasteiger partial charge in [-0.3, -0.25) is 0 Å². The second-order valence-electron chi connectivity index (χ2n) is 13.9. The molecule has 0 saturated heterocycles. The van der Waals surface area contributed by atoms with Gasteiger partial charge in [-0.15, -0.1) is 0 Å². The maximum atomic E-state index is 10.9. The van der Waals surface area contributed by atoms with E-state index in [4.69, 9.17) is 4.42 Å². The van der Waals surface area contributed by atoms with Crippen molar-refractivity contribution in [1.29, 1.82) is 10.5 Å². The number of hydrogen-bond donors (Lipinski definition) is 0. The molecule has 8 aromatic carbocycles.